The monoisotopic (exact) mass is 299 g/mol. The molecule has 0 bridgehead atoms. The smallest absolute Gasteiger partial charge is 0.394 e. The topological polar surface area (TPSA) is 32.3 Å². The highest BCUT2D eigenvalue weighted by Gasteiger charge is 2.30. The fourth-order valence-electron chi connectivity index (χ4n) is 1.89. The van der Waals surface area contributed by atoms with Gasteiger partial charge in [0.05, 0.1) is 18.2 Å². The number of hydrogen-bond acceptors (Lipinski definition) is 2. The molecule has 2 aromatic rings. The predicted octanol–water partition coefficient (Wildman–Crippen LogP) is 3.99. The van der Waals surface area contributed by atoms with Crippen molar-refractivity contribution in [2.45, 2.75) is 12.2 Å². The minimum Gasteiger partial charge on any atom is -0.394 e. The van der Waals surface area contributed by atoms with Gasteiger partial charge in [-0.25, -0.2) is 4.39 Å². The maximum Gasteiger partial charge on any atom is 0.416 e. The molecular formula is C15H13F4NO. The number of nitrogens with one attached hydrogen (secondary N) is 1. The lowest BCUT2D eigenvalue weighted by molar-refractivity contribution is -0.137. The number of hydrogen-bond donors (Lipinski definition) is 2. The standard InChI is InChI=1S/C15H13F4NO/c16-12-5-7-13(8-6-12)20-14(9-21)10-1-3-11(4-2-10)15(17,18)19/h1-8,14,20-21H,9H2. The minimum atomic E-state index is -4.39. The Labute approximate surface area is 119 Å². The summed E-state index contributed by atoms with van der Waals surface area (Å²) in [6.07, 6.45) is -4.39. The van der Waals surface area contributed by atoms with Gasteiger partial charge in [0.25, 0.3) is 0 Å². The van der Waals surface area contributed by atoms with Gasteiger partial charge in [0, 0.05) is 5.69 Å². The average Bonchev–Trinajstić information content (AvgIpc) is 2.46. The molecule has 0 saturated carbocycles. The molecule has 0 aliphatic rings. The molecule has 0 aliphatic heterocycles. The SMILES string of the molecule is OCC(Nc1ccc(F)cc1)c1ccc(C(F)(F)F)cc1. The molecule has 0 radical (unpaired) electrons. The largest absolute Gasteiger partial charge is 0.416 e. The number of aliphatic hydroxyl groups is 1. The normalized spacial score (nSPS) is 13.0. The summed E-state index contributed by atoms with van der Waals surface area (Å²) in [5, 5.41) is 12.3. The molecule has 0 aliphatic carbocycles. The van der Waals surface area contributed by atoms with Gasteiger partial charge in [0.1, 0.15) is 5.82 Å². The molecular weight excluding hydrogens is 286 g/mol. The molecule has 21 heavy (non-hydrogen) atoms. The summed E-state index contributed by atoms with van der Waals surface area (Å²) in [6, 6.07) is 9.45. The van der Waals surface area contributed by atoms with Crippen molar-refractivity contribution in [3.63, 3.8) is 0 Å². The third-order valence-electron chi connectivity index (χ3n) is 3.01. The van der Waals surface area contributed by atoms with Crippen molar-refractivity contribution < 1.29 is 22.7 Å². The molecule has 0 spiro atoms. The Balaban J connectivity index is 2.15. The van der Waals surface area contributed by atoms with Gasteiger partial charge < -0.3 is 10.4 Å². The summed E-state index contributed by atoms with van der Waals surface area (Å²) in [5.41, 5.74) is 0.329. The predicted molar refractivity (Wildman–Crippen MR) is 71.3 cm³/mol. The van der Waals surface area contributed by atoms with Crippen LogP contribution in [0.25, 0.3) is 0 Å². The van der Waals surface area contributed by atoms with E-state index < -0.39 is 23.6 Å². The van der Waals surface area contributed by atoms with E-state index in [4.69, 9.17) is 0 Å². The fraction of sp³-hybridized carbons (Fsp3) is 0.200. The quantitative estimate of drug-likeness (QED) is 0.837. The lowest BCUT2D eigenvalue weighted by Crippen LogP contribution is -2.15. The molecule has 0 saturated heterocycles. The molecule has 112 valence electrons. The number of alkyl halides is 3. The Morgan fingerprint density at radius 3 is 2.00 bits per heavy atom. The van der Waals surface area contributed by atoms with Crippen molar-refractivity contribution in [3.8, 4) is 0 Å². The van der Waals surface area contributed by atoms with E-state index in [-0.39, 0.29) is 6.61 Å². The second-order valence-corrected chi connectivity index (χ2v) is 4.51. The van der Waals surface area contributed by atoms with Gasteiger partial charge in [-0.1, -0.05) is 12.1 Å². The van der Waals surface area contributed by atoms with Crippen molar-refractivity contribution in [3.05, 3.63) is 65.5 Å². The lowest BCUT2D eigenvalue weighted by atomic mass is 10.0. The van der Waals surface area contributed by atoms with E-state index >= 15 is 0 Å². The van der Waals surface area contributed by atoms with Gasteiger partial charge in [0.15, 0.2) is 0 Å². The van der Waals surface area contributed by atoms with Crippen molar-refractivity contribution in [2.24, 2.45) is 0 Å². The summed E-state index contributed by atoms with van der Waals surface area (Å²) < 4.78 is 50.3. The summed E-state index contributed by atoms with van der Waals surface area (Å²) in [7, 11) is 0. The molecule has 1 unspecified atom stereocenters. The Morgan fingerprint density at radius 2 is 1.52 bits per heavy atom. The molecule has 0 amide bonds. The van der Waals surface area contributed by atoms with Crippen molar-refractivity contribution >= 4 is 5.69 Å². The van der Waals surface area contributed by atoms with Crippen molar-refractivity contribution in [2.75, 3.05) is 11.9 Å². The van der Waals surface area contributed by atoms with E-state index in [1.54, 1.807) is 0 Å². The summed E-state index contributed by atoms with van der Waals surface area (Å²) >= 11 is 0. The minimum absolute atomic E-state index is 0.303. The molecule has 2 nitrogen and oxygen atoms in total. The van der Waals surface area contributed by atoms with Gasteiger partial charge in [-0.15, -0.1) is 0 Å². The Bertz CT molecular complexity index is 578. The van der Waals surface area contributed by atoms with Crippen molar-refractivity contribution in [1.82, 2.24) is 0 Å². The zero-order chi connectivity index (χ0) is 15.5. The average molecular weight is 299 g/mol. The zero-order valence-corrected chi connectivity index (χ0v) is 10.9. The third-order valence-corrected chi connectivity index (χ3v) is 3.01. The molecule has 0 fully saturated rings. The van der Waals surface area contributed by atoms with Gasteiger partial charge in [-0.3, -0.25) is 0 Å². The maximum absolute atomic E-state index is 12.8. The van der Waals surface area contributed by atoms with Crippen LogP contribution in [0.3, 0.4) is 0 Å². The van der Waals surface area contributed by atoms with E-state index in [1.807, 2.05) is 0 Å². The van der Waals surface area contributed by atoms with Crippen LogP contribution in [0.2, 0.25) is 0 Å². The number of anilines is 1. The van der Waals surface area contributed by atoms with Crippen LogP contribution in [-0.2, 0) is 6.18 Å². The number of aliphatic hydroxyl groups excluding tert-OH is 1. The summed E-state index contributed by atoms with van der Waals surface area (Å²) in [6.45, 7) is -0.303. The summed E-state index contributed by atoms with van der Waals surface area (Å²) in [5.74, 6) is -0.393. The van der Waals surface area contributed by atoms with Gasteiger partial charge in [0.2, 0.25) is 0 Å². The first kappa shape index (κ1) is 15.3. The van der Waals surface area contributed by atoms with Crippen LogP contribution in [-0.4, -0.2) is 11.7 Å². The highest BCUT2D eigenvalue weighted by atomic mass is 19.4. The molecule has 6 heteroatoms. The molecule has 1 atom stereocenters. The van der Waals surface area contributed by atoms with E-state index in [1.165, 1.54) is 36.4 Å². The van der Waals surface area contributed by atoms with Crippen LogP contribution in [0, 0.1) is 5.82 Å². The highest BCUT2D eigenvalue weighted by Crippen LogP contribution is 2.30. The zero-order valence-electron chi connectivity index (χ0n) is 10.9. The second-order valence-electron chi connectivity index (χ2n) is 4.51. The molecule has 0 aromatic heterocycles. The van der Waals surface area contributed by atoms with Crippen LogP contribution in [0.1, 0.15) is 17.2 Å². The third kappa shape index (κ3) is 3.95. The number of halogens is 4. The summed E-state index contributed by atoms with van der Waals surface area (Å²) in [4.78, 5) is 0. The first-order valence-corrected chi connectivity index (χ1v) is 6.20. The molecule has 0 heterocycles. The Hall–Kier alpha value is -2.08. The fourth-order valence-corrected chi connectivity index (χ4v) is 1.89. The van der Waals surface area contributed by atoms with Crippen LogP contribution >= 0.6 is 0 Å². The molecule has 2 aromatic carbocycles. The first-order valence-electron chi connectivity index (χ1n) is 6.20. The molecule has 2 rings (SSSR count). The second kappa shape index (κ2) is 6.13. The van der Waals surface area contributed by atoms with Crippen molar-refractivity contribution in [1.29, 1.82) is 0 Å². The van der Waals surface area contributed by atoms with E-state index in [0.29, 0.717) is 11.3 Å². The van der Waals surface area contributed by atoms with Gasteiger partial charge >= 0.3 is 6.18 Å². The number of benzene rings is 2. The van der Waals surface area contributed by atoms with Gasteiger partial charge in [-0.2, -0.15) is 13.2 Å². The van der Waals surface area contributed by atoms with Crippen LogP contribution in [0.4, 0.5) is 23.2 Å². The maximum atomic E-state index is 12.8. The number of rotatable bonds is 4. The highest BCUT2D eigenvalue weighted by molar-refractivity contribution is 5.45. The van der Waals surface area contributed by atoms with Crippen LogP contribution < -0.4 is 5.32 Å². The van der Waals surface area contributed by atoms with E-state index in [9.17, 15) is 22.7 Å². The Kier molecular flexibility index (Phi) is 4.47. The lowest BCUT2D eigenvalue weighted by Gasteiger charge is -2.18. The van der Waals surface area contributed by atoms with Crippen LogP contribution in [0.5, 0.6) is 0 Å². The molecule has 2 N–H and O–H groups in total. The van der Waals surface area contributed by atoms with Gasteiger partial charge in [-0.05, 0) is 42.0 Å². The van der Waals surface area contributed by atoms with E-state index in [0.717, 1.165) is 12.1 Å². The Morgan fingerprint density at radius 1 is 0.952 bits per heavy atom. The van der Waals surface area contributed by atoms with E-state index in [2.05, 4.69) is 5.32 Å². The van der Waals surface area contributed by atoms with Crippen LogP contribution in [0.15, 0.2) is 48.5 Å². The first-order chi connectivity index (χ1) is 9.90.